The molecule has 5 amide bonds. The van der Waals surface area contributed by atoms with Gasteiger partial charge in [-0.2, -0.15) is 0 Å². The standard InChI is InChI=1S/C34H45FN6O9S/c1-33(2,3)50-31(45)37-26-12-14-36-13-5-4-8-21-16-34(21,30(44)39-51(47,48)23-10-11-23)38-28(42)27-15-22(18-41(27)29(26)43)49-32(46)40-17-20-7-6-9-25(35)24(20)19-40/h4,6-9,21-23,26-27,36H,5,10-19H2,1-3H3,(H,37,45)(H,38,42)(H,39,44)/t21-,22-,26+,27+,34-/m1/s1. The number of nitrogens with zero attached hydrogens (tertiary/aromatic N) is 2. The second-order valence-electron chi connectivity index (χ2n) is 14.9. The molecule has 2 saturated carbocycles. The molecule has 0 radical (unpaired) electrons. The third kappa shape index (κ3) is 8.29. The first kappa shape index (κ1) is 36.5. The molecule has 4 N–H and O–H groups in total. The van der Waals surface area contributed by atoms with Crippen LogP contribution >= 0.6 is 0 Å². The minimum atomic E-state index is -3.93. The van der Waals surface area contributed by atoms with Crippen LogP contribution in [0, 0.1) is 11.7 Å². The van der Waals surface area contributed by atoms with E-state index in [0.717, 1.165) is 0 Å². The van der Waals surface area contributed by atoms with Crippen LogP contribution < -0.4 is 20.7 Å². The molecule has 3 aliphatic heterocycles. The molecule has 51 heavy (non-hydrogen) atoms. The SMILES string of the molecule is CC(C)(C)OC(=O)N[C@H]1CCNCCC=C[C@@H]2C[C@@]2(C(=O)NS(=O)(=O)C2CC2)NC(=O)[C@@H]2C[C@@H](OC(=O)N3Cc4cccc(F)c4C3)CN2C1=O. The van der Waals surface area contributed by atoms with Gasteiger partial charge >= 0.3 is 12.2 Å². The zero-order chi connectivity index (χ0) is 36.7. The van der Waals surface area contributed by atoms with Crippen LogP contribution in [0.4, 0.5) is 14.0 Å². The van der Waals surface area contributed by atoms with Gasteiger partial charge in [-0.25, -0.2) is 22.4 Å². The Morgan fingerprint density at radius 2 is 1.84 bits per heavy atom. The van der Waals surface area contributed by atoms with E-state index in [1.165, 1.54) is 15.9 Å². The third-order valence-electron chi connectivity index (χ3n) is 9.72. The van der Waals surface area contributed by atoms with Crippen LogP contribution in [0.15, 0.2) is 30.4 Å². The third-order valence-corrected chi connectivity index (χ3v) is 11.5. The van der Waals surface area contributed by atoms with Crippen LogP contribution in [0.1, 0.15) is 70.4 Å². The Bertz CT molecular complexity index is 1730. The van der Waals surface area contributed by atoms with Crippen molar-refractivity contribution in [1.82, 2.24) is 30.5 Å². The Morgan fingerprint density at radius 3 is 2.55 bits per heavy atom. The number of hydrogen-bond acceptors (Lipinski definition) is 10. The quantitative estimate of drug-likeness (QED) is 0.323. The zero-order valence-electron chi connectivity index (χ0n) is 28.9. The second-order valence-corrected chi connectivity index (χ2v) is 16.8. The molecule has 278 valence electrons. The van der Waals surface area contributed by atoms with Gasteiger partial charge in [-0.15, -0.1) is 0 Å². The Morgan fingerprint density at radius 1 is 1.08 bits per heavy atom. The first-order chi connectivity index (χ1) is 24.1. The summed E-state index contributed by atoms with van der Waals surface area (Å²) in [6, 6.07) is 2.20. The van der Waals surface area contributed by atoms with Gasteiger partial charge in [0, 0.05) is 24.4 Å². The van der Waals surface area contributed by atoms with E-state index in [-0.39, 0.29) is 38.9 Å². The van der Waals surface area contributed by atoms with Crippen molar-refractivity contribution in [2.45, 2.75) is 107 Å². The first-order valence-corrected chi connectivity index (χ1v) is 18.9. The molecular formula is C34H45FN6O9S. The molecule has 3 fully saturated rings. The molecule has 1 aromatic carbocycles. The Labute approximate surface area is 296 Å². The fourth-order valence-electron chi connectivity index (χ4n) is 6.79. The highest BCUT2D eigenvalue weighted by Crippen LogP contribution is 2.46. The minimum Gasteiger partial charge on any atom is -0.444 e. The van der Waals surface area contributed by atoms with E-state index >= 15 is 0 Å². The lowest BCUT2D eigenvalue weighted by molar-refractivity contribution is -0.141. The number of amides is 5. The van der Waals surface area contributed by atoms with Gasteiger partial charge in [-0.1, -0.05) is 24.3 Å². The lowest BCUT2D eigenvalue weighted by Gasteiger charge is -2.30. The van der Waals surface area contributed by atoms with E-state index in [1.54, 1.807) is 39.0 Å². The molecule has 17 heteroatoms. The number of sulfonamides is 1. The molecule has 5 aliphatic rings. The molecule has 15 nitrogen and oxygen atoms in total. The molecule has 0 bridgehead atoms. The number of alkyl carbamates (subject to hydrolysis) is 1. The summed E-state index contributed by atoms with van der Waals surface area (Å²) < 4.78 is 53.2. The summed E-state index contributed by atoms with van der Waals surface area (Å²) in [4.78, 5) is 70.7. The highest BCUT2D eigenvalue weighted by Gasteiger charge is 2.62. The van der Waals surface area contributed by atoms with Gasteiger partial charge in [0.15, 0.2) is 0 Å². The molecular weight excluding hydrogens is 687 g/mol. The summed E-state index contributed by atoms with van der Waals surface area (Å²) in [6.07, 6.45) is 2.62. The highest BCUT2D eigenvalue weighted by molar-refractivity contribution is 7.91. The van der Waals surface area contributed by atoms with Crippen LogP contribution in [-0.2, 0) is 47.0 Å². The zero-order valence-corrected chi connectivity index (χ0v) is 29.7. The van der Waals surface area contributed by atoms with E-state index < -0.39 is 86.2 Å². The van der Waals surface area contributed by atoms with Crippen molar-refractivity contribution in [3.8, 4) is 0 Å². The summed E-state index contributed by atoms with van der Waals surface area (Å²) in [7, 11) is -3.93. The van der Waals surface area contributed by atoms with Crippen molar-refractivity contribution in [1.29, 1.82) is 0 Å². The van der Waals surface area contributed by atoms with Gasteiger partial charge in [0.05, 0.1) is 18.3 Å². The van der Waals surface area contributed by atoms with Crippen molar-refractivity contribution in [2.75, 3.05) is 19.6 Å². The predicted molar refractivity (Wildman–Crippen MR) is 180 cm³/mol. The summed E-state index contributed by atoms with van der Waals surface area (Å²) in [5.41, 5.74) is -1.40. The first-order valence-electron chi connectivity index (χ1n) is 17.3. The number of benzene rings is 1. The summed E-state index contributed by atoms with van der Waals surface area (Å²) in [6.45, 7) is 5.77. The van der Waals surface area contributed by atoms with Gasteiger partial charge in [0.2, 0.25) is 21.8 Å². The van der Waals surface area contributed by atoms with E-state index in [0.29, 0.717) is 43.5 Å². The Kier molecular flexibility index (Phi) is 10.1. The average Bonchev–Trinajstić information content (AvgIpc) is 3.93. The molecule has 5 atom stereocenters. The normalized spacial score (nSPS) is 28.3. The van der Waals surface area contributed by atoms with Gasteiger partial charge in [0.1, 0.15) is 35.1 Å². The monoisotopic (exact) mass is 732 g/mol. The number of fused-ring (bicyclic) bond motifs is 3. The fraction of sp³-hybridized carbons (Fsp3) is 0.618. The van der Waals surface area contributed by atoms with E-state index in [4.69, 9.17) is 9.47 Å². The topological polar surface area (TPSA) is 193 Å². The van der Waals surface area contributed by atoms with Gasteiger partial charge in [0.25, 0.3) is 5.91 Å². The van der Waals surface area contributed by atoms with E-state index in [1.807, 2.05) is 6.08 Å². The highest BCUT2D eigenvalue weighted by atomic mass is 32.2. The number of rotatable bonds is 5. The van der Waals surface area contributed by atoms with Crippen molar-refractivity contribution in [3.05, 3.63) is 47.3 Å². The summed E-state index contributed by atoms with van der Waals surface area (Å²) in [5.74, 6) is -3.17. The summed E-state index contributed by atoms with van der Waals surface area (Å²) in [5, 5.41) is 7.95. The number of carbonyl (C=O) groups excluding carboxylic acids is 5. The van der Waals surface area contributed by atoms with Crippen molar-refractivity contribution >= 4 is 39.9 Å². The molecule has 0 aromatic heterocycles. The average molecular weight is 733 g/mol. The lowest BCUT2D eigenvalue weighted by atomic mass is 10.1. The summed E-state index contributed by atoms with van der Waals surface area (Å²) >= 11 is 0. The van der Waals surface area contributed by atoms with E-state index in [2.05, 4.69) is 20.7 Å². The number of ether oxygens (including phenoxy) is 2. The smallest absolute Gasteiger partial charge is 0.410 e. The number of carbonyl (C=O) groups is 5. The number of hydrogen-bond donors (Lipinski definition) is 4. The molecule has 0 unspecified atom stereocenters. The van der Waals surface area contributed by atoms with Gasteiger partial charge in [-0.05, 0) is 77.6 Å². The molecule has 1 saturated heterocycles. The molecule has 2 aliphatic carbocycles. The maximum atomic E-state index is 14.4. The molecule has 3 heterocycles. The Balaban J connectivity index is 1.25. The van der Waals surface area contributed by atoms with Crippen LogP contribution in [-0.4, -0.2) is 102 Å². The molecule has 1 aromatic rings. The maximum absolute atomic E-state index is 14.4. The molecule has 6 rings (SSSR count). The molecule has 0 spiro atoms. The second kappa shape index (κ2) is 14.1. The van der Waals surface area contributed by atoms with E-state index in [9.17, 15) is 36.8 Å². The fourth-order valence-corrected chi connectivity index (χ4v) is 8.16. The van der Waals surface area contributed by atoms with Gasteiger partial charge in [-0.3, -0.25) is 24.0 Å². The Hall–Kier alpha value is -4.25. The van der Waals surface area contributed by atoms with Crippen LogP contribution in [0.2, 0.25) is 0 Å². The van der Waals surface area contributed by atoms with Gasteiger partial charge < -0.3 is 30.3 Å². The van der Waals surface area contributed by atoms with Crippen molar-refractivity contribution < 1.29 is 46.3 Å². The lowest BCUT2D eigenvalue weighted by Crippen LogP contribution is -2.58. The predicted octanol–water partition coefficient (Wildman–Crippen LogP) is 1.56. The van der Waals surface area contributed by atoms with Crippen LogP contribution in [0.5, 0.6) is 0 Å². The van der Waals surface area contributed by atoms with Crippen LogP contribution in [0.3, 0.4) is 0 Å². The minimum absolute atomic E-state index is 0.00863. The largest absolute Gasteiger partial charge is 0.444 e. The van der Waals surface area contributed by atoms with Crippen LogP contribution in [0.25, 0.3) is 0 Å². The van der Waals surface area contributed by atoms with Crippen molar-refractivity contribution in [3.63, 3.8) is 0 Å². The van der Waals surface area contributed by atoms with Crippen molar-refractivity contribution in [2.24, 2.45) is 5.92 Å². The number of halogens is 1. The maximum Gasteiger partial charge on any atom is 0.410 e. The number of nitrogens with one attached hydrogen (secondary N) is 4.